The van der Waals surface area contributed by atoms with Crippen LogP contribution in [0.4, 0.5) is 0 Å². The summed E-state index contributed by atoms with van der Waals surface area (Å²) in [6.07, 6.45) is -1.41. The van der Waals surface area contributed by atoms with Gasteiger partial charge in [0, 0.05) is 24.7 Å². The Hall–Kier alpha value is -1.50. The van der Waals surface area contributed by atoms with E-state index >= 15 is 0 Å². The monoisotopic (exact) mass is 305 g/mol. The number of azide groups is 1. The first-order valence-corrected chi connectivity index (χ1v) is 6.44. The van der Waals surface area contributed by atoms with Crippen LogP contribution in [0, 0.1) is 5.92 Å². The minimum atomic E-state index is -0.881. The number of rotatable bonds is 4. The molecule has 1 rings (SSSR count). The lowest BCUT2D eigenvalue weighted by Crippen LogP contribution is -2.53. The van der Waals surface area contributed by atoms with Crippen LogP contribution in [0.5, 0.6) is 0 Å². The van der Waals surface area contributed by atoms with Crippen LogP contribution in [0.15, 0.2) is 5.11 Å². The summed E-state index contributed by atoms with van der Waals surface area (Å²) in [5.74, 6) is -1.36. The molecule has 20 heavy (non-hydrogen) atoms. The fraction of sp³-hybridized carbons (Fsp3) is 0.818. The molecule has 0 aliphatic carbocycles. The molecule has 0 N–H and O–H groups in total. The van der Waals surface area contributed by atoms with Crippen molar-refractivity contribution in [2.24, 2.45) is 11.0 Å². The summed E-state index contributed by atoms with van der Waals surface area (Å²) in [4.78, 5) is 24.7. The van der Waals surface area contributed by atoms with E-state index in [2.05, 4.69) is 10.0 Å². The van der Waals surface area contributed by atoms with Crippen molar-refractivity contribution in [3.63, 3.8) is 0 Å². The predicted octanol–water partition coefficient (Wildman–Crippen LogP) is 1.76. The summed E-state index contributed by atoms with van der Waals surface area (Å²) < 4.78 is 15.5. The topological polar surface area (TPSA) is 111 Å². The fourth-order valence-electron chi connectivity index (χ4n) is 2.02. The summed E-state index contributed by atoms with van der Waals surface area (Å²) in [5.41, 5.74) is 7.65. The zero-order valence-corrected chi connectivity index (χ0v) is 12.1. The number of ether oxygens (including phenoxy) is 3. The van der Waals surface area contributed by atoms with E-state index in [1.807, 2.05) is 0 Å². The predicted molar refractivity (Wildman–Crippen MR) is 68.8 cm³/mol. The first kappa shape index (κ1) is 16.6. The molecule has 112 valence electrons. The van der Waals surface area contributed by atoms with Gasteiger partial charge in [-0.2, -0.15) is 0 Å². The quantitative estimate of drug-likeness (QED) is 0.258. The van der Waals surface area contributed by atoms with Gasteiger partial charge in [-0.25, -0.2) is 0 Å². The molecule has 1 fully saturated rings. The highest BCUT2D eigenvalue weighted by Gasteiger charge is 2.44. The van der Waals surface area contributed by atoms with Crippen molar-refractivity contribution in [1.29, 1.82) is 0 Å². The van der Waals surface area contributed by atoms with E-state index in [4.69, 9.17) is 31.3 Å². The van der Waals surface area contributed by atoms with Crippen molar-refractivity contribution in [1.82, 2.24) is 0 Å². The summed E-state index contributed by atoms with van der Waals surface area (Å²) in [5, 5.41) is 3.56. The van der Waals surface area contributed by atoms with Gasteiger partial charge in [0.2, 0.25) is 0 Å². The third kappa shape index (κ3) is 4.26. The van der Waals surface area contributed by atoms with Gasteiger partial charge in [-0.1, -0.05) is 23.6 Å². The standard InChI is InChI=1S/C11H16ClN3O5/c1-5-9(14-15-13)11(12)20-8(4-18-6(2)16)10(5)19-7(3)17/h5,8-11H,4H2,1-3H3/t5-,8?,9?,10-,11-/m1/s1. The molecule has 1 aliphatic rings. The number of carbonyl (C=O) groups is 2. The number of hydrogen-bond acceptors (Lipinski definition) is 6. The molecule has 0 aromatic carbocycles. The summed E-state index contributed by atoms with van der Waals surface area (Å²) >= 11 is 6.00. The molecule has 1 heterocycles. The highest BCUT2D eigenvalue weighted by molar-refractivity contribution is 6.20. The lowest BCUT2D eigenvalue weighted by Gasteiger charge is -2.41. The van der Waals surface area contributed by atoms with Crippen molar-refractivity contribution < 1.29 is 23.8 Å². The van der Waals surface area contributed by atoms with Crippen LogP contribution in [0.1, 0.15) is 20.8 Å². The molecule has 8 nitrogen and oxygen atoms in total. The third-order valence-electron chi connectivity index (χ3n) is 2.93. The average molecular weight is 306 g/mol. The average Bonchev–Trinajstić information content (AvgIpc) is 2.35. The van der Waals surface area contributed by atoms with Gasteiger partial charge in [-0.15, -0.1) is 0 Å². The van der Waals surface area contributed by atoms with Gasteiger partial charge in [0.25, 0.3) is 0 Å². The molecule has 2 unspecified atom stereocenters. The second-order valence-electron chi connectivity index (χ2n) is 4.46. The molecule has 0 aromatic heterocycles. The third-order valence-corrected chi connectivity index (χ3v) is 3.30. The van der Waals surface area contributed by atoms with Crippen LogP contribution in [0.2, 0.25) is 0 Å². The van der Waals surface area contributed by atoms with Crippen LogP contribution in [0.25, 0.3) is 10.4 Å². The van der Waals surface area contributed by atoms with Gasteiger partial charge >= 0.3 is 11.9 Å². The van der Waals surface area contributed by atoms with Crippen LogP contribution in [-0.4, -0.2) is 42.4 Å². The van der Waals surface area contributed by atoms with E-state index in [0.29, 0.717) is 0 Å². The molecule has 0 aromatic rings. The van der Waals surface area contributed by atoms with Crippen molar-refractivity contribution in [3.8, 4) is 0 Å². The highest BCUT2D eigenvalue weighted by Crippen LogP contribution is 2.32. The number of halogens is 1. The van der Waals surface area contributed by atoms with Crippen molar-refractivity contribution in [2.75, 3.05) is 6.61 Å². The first-order chi connectivity index (χ1) is 9.36. The van der Waals surface area contributed by atoms with E-state index < -0.39 is 35.8 Å². The Labute approximate surface area is 120 Å². The lowest BCUT2D eigenvalue weighted by molar-refractivity contribution is -0.185. The molecular formula is C11H16ClN3O5. The molecule has 0 saturated carbocycles. The second-order valence-corrected chi connectivity index (χ2v) is 4.89. The zero-order valence-electron chi connectivity index (χ0n) is 11.4. The van der Waals surface area contributed by atoms with Gasteiger partial charge in [0.15, 0.2) is 0 Å². The van der Waals surface area contributed by atoms with Gasteiger partial charge in [-0.05, 0) is 5.53 Å². The lowest BCUT2D eigenvalue weighted by atomic mass is 9.90. The molecular weight excluding hydrogens is 290 g/mol. The molecule has 1 aliphatic heterocycles. The number of hydrogen-bond donors (Lipinski definition) is 0. The zero-order chi connectivity index (χ0) is 15.3. The van der Waals surface area contributed by atoms with Gasteiger partial charge in [0.1, 0.15) is 24.4 Å². The maximum Gasteiger partial charge on any atom is 0.303 e. The largest absolute Gasteiger partial charge is 0.463 e. The minimum absolute atomic E-state index is 0.0934. The second kappa shape index (κ2) is 7.33. The van der Waals surface area contributed by atoms with E-state index in [-0.39, 0.29) is 12.5 Å². The normalized spacial score (nSPS) is 32.9. The van der Waals surface area contributed by atoms with Crippen molar-refractivity contribution in [2.45, 2.75) is 44.6 Å². The molecule has 5 atom stereocenters. The van der Waals surface area contributed by atoms with Crippen LogP contribution in [0.3, 0.4) is 0 Å². The number of carbonyl (C=O) groups excluding carboxylic acids is 2. The van der Waals surface area contributed by atoms with Gasteiger partial charge in [-0.3, -0.25) is 9.59 Å². The number of alkyl halides is 1. The van der Waals surface area contributed by atoms with Crippen LogP contribution < -0.4 is 0 Å². The SMILES string of the molecule is CC(=O)OCC1O[C@@H](Cl)C(N=[N+]=[N-])[C@@H](C)[C@H]1OC(C)=O. The molecule has 0 amide bonds. The molecule has 0 bridgehead atoms. The van der Waals surface area contributed by atoms with Crippen LogP contribution >= 0.6 is 11.6 Å². The Morgan fingerprint density at radius 3 is 2.55 bits per heavy atom. The van der Waals surface area contributed by atoms with Gasteiger partial charge < -0.3 is 14.2 Å². The first-order valence-electron chi connectivity index (χ1n) is 6.01. The Bertz CT molecular complexity index is 426. The Morgan fingerprint density at radius 2 is 2.05 bits per heavy atom. The highest BCUT2D eigenvalue weighted by atomic mass is 35.5. The number of esters is 2. The summed E-state index contributed by atoms with van der Waals surface area (Å²) in [6, 6.07) is -0.681. The van der Waals surface area contributed by atoms with E-state index in [1.165, 1.54) is 13.8 Å². The maximum absolute atomic E-state index is 11.2. The maximum atomic E-state index is 11.2. The minimum Gasteiger partial charge on any atom is -0.463 e. The molecule has 0 radical (unpaired) electrons. The van der Waals surface area contributed by atoms with E-state index in [9.17, 15) is 9.59 Å². The van der Waals surface area contributed by atoms with Crippen molar-refractivity contribution in [3.05, 3.63) is 10.4 Å². The summed E-state index contributed by atoms with van der Waals surface area (Å²) in [6.45, 7) is 4.15. The Kier molecular flexibility index (Phi) is 6.06. The smallest absolute Gasteiger partial charge is 0.303 e. The van der Waals surface area contributed by atoms with Gasteiger partial charge in [0.05, 0.1) is 6.04 Å². The Morgan fingerprint density at radius 1 is 1.40 bits per heavy atom. The van der Waals surface area contributed by atoms with E-state index in [0.717, 1.165) is 0 Å². The fourth-order valence-corrected chi connectivity index (χ4v) is 2.43. The molecule has 0 spiro atoms. The van der Waals surface area contributed by atoms with Crippen LogP contribution in [-0.2, 0) is 23.8 Å². The summed E-state index contributed by atoms with van der Waals surface area (Å²) in [7, 11) is 0. The molecule has 1 saturated heterocycles. The van der Waals surface area contributed by atoms with E-state index in [1.54, 1.807) is 6.92 Å². The number of nitrogens with zero attached hydrogens (tertiary/aromatic N) is 3. The Balaban J connectivity index is 2.89. The van der Waals surface area contributed by atoms with Crippen molar-refractivity contribution >= 4 is 23.5 Å². The molecule has 9 heteroatoms.